The van der Waals surface area contributed by atoms with Crippen LogP contribution in [0, 0.1) is 0 Å². The van der Waals surface area contributed by atoms with Gasteiger partial charge in [0.2, 0.25) is 0 Å². The molecule has 0 aliphatic rings. The van der Waals surface area contributed by atoms with Gasteiger partial charge in [-0.1, -0.05) is 0 Å². The zero-order valence-corrected chi connectivity index (χ0v) is 11.9. The lowest BCUT2D eigenvalue weighted by Gasteiger charge is -2.20. The highest BCUT2D eigenvalue weighted by Gasteiger charge is 2.17. The smallest absolute Gasteiger partial charge is 0.118 e. The van der Waals surface area contributed by atoms with Crippen LogP contribution in [0.4, 0.5) is 0 Å². The van der Waals surface area contributed by atoms with Gasteiger partial charge < -0.3 is 10.5 Å². The summed E-state index contributed by atoms with van der Waals surface area (Å²) < 4.78 is 5.16. The predicted molar refractivity (Wildman–Crippen MR) is 79.5 cm³/mol. The number of nitrogens with two attached hydrogens (primary N) is 1. The summed E-state index contributed by atoms with van der Waals surface area (Å²) in [7, 11) is 1.67. The van der Waals surface area contributed by atoms with E-state index in [1.54, 1.807) is 31.3 Å². The Labute approximate surface area is 118 Å². The van der Waals surface area contributed by atoms with Crippen LogP contribution in [0.25, 0.3) is 0 Å². The third-order valence-corrected chi connectivity index (χ3v) is 4.33. The van der Waals surface area contributed by atoms with E-state index in [2.05, 4.69) is 17.1 Å². The van der Waals surface area contributed by atoms with Crippen LogP contribution in [0.1, 0.15) is 17.7 Å². The Bertz CT molecular complexity index is 499. The van der Waals surface area contributed by atoms with Crippen LogP contribution in [0.3, 0.4) is 0 Å². The Morgan fingerprint density at radius 3 is 2.26 bits per heavy atom. The van der Waals surface area contributed by atoms with Gasteiger partial charge >= 0.3 is 0 Å². The van der Waals surface area contributed by atoms with E-state index in [9.17, 15) is 0 Å². The summed E-state index contributed by atoms with van der Waals surface area (Å²) in [4.78, 5) is 5.23. The van der Waals surface area contributed by atoms with Gasteiger partial charge in [-0.2, -0.15) is 0 Å². The summed E-state index contributed by atoms with van der Waals surface area (Å²) in [6.45, 7) is 2.03. The Morgan fingerprint density at radius 1 is 1.11 bits per heavy atom. The fraction of sp³-hybridized carbons (Fsp3) is 0.267. The Kier molecular flexibility index (Phi) is 4.82. The first-order valence-corrected chi connectivity index (χ1v) is 7.05. The van der Waals surface area contributed by atoms with E-state index < -0.39 is 0 Å². The van der Waals surface area contributed by atoms with Crippen LogP contribution in [-0.2, 0) is 0 Å². The molecule has 2 aromatic rings. The van der Waals surface area contributed by atoms with Crippen molar-refractivity contribution in [1.82, 2.24) is 4.98 Å². The second kappa shape index (κ2) is 6.59. The monoisotopic (exact) mass is 274 g/mol. The number of rotatable bonds is 5. The highest BCUT2D eigenvalue weighted by molar-refractivity contribution is 7.99. The fourth-order valence-corrected chi connectivity index (χ4v) is 2.93. The molecule has 0 bridgehead atoms. The van der Waals surface area contributed by atoms with Gasteiger partial charge in [0.25, 0.3) is 0 Å². The van der Waals surface area contributed by atoms with E-state index in [-0.39, 0.29) is 11.3 Å². The van der Waals surface area contributed by atoms with Crippen molar-refractivity contribution in [2.45, 2.75) is 23.1 Å². The first-order chi connectivity index (χ1) is 9.20. The van der Waals surface area contributed by atoms with Gasteiger partial charge in [-0.25, -0.2) is 0 Å². The molecule has 19 heavy (non-hydrogen) atoms. The highest BCUT2D eigenvalue weighted by atomic mass is 32.2. The molecule has 2 N–H and O–H groups in total. The van der Waals surface area contributed by atoms with Crippen LogP contribution in [0.5, 0.6) is 5.75 Å². The standard InChI is InChI=1S/C15H18N2OS/c1-11(16)15(12-7-9-17-10-8-12)19-14-5-3-13(18-2)4-6-14/h3-11,15H,16H2,1-2H3. The quantitative estimate of drug-likeness (QED) is 0.850. The Balaban J connectivity index is 2.17. The molecule has 0 aliphatic carbocycles. The molecule has 2 atom stereocenters. The van der Waals surface area contributed by atoms with Crippen molar-refractivity contribution in [3.63, 3.8) is 0 Å². The van der Waals surface area contributed by atoms with Gasteiger partial charge in [0.1, 0.15) is 5.75 Å². The minimum atomic E-state index is 0.0644. The molecule has 0 saturated carbocycles. The van der Waals surface area contributed by atoms with Crippen LogP contribution < -0.4 is 10.5 Å². The van der Waals surface area contributed by atoms with Crippen LogP contribution in [0.2, 0.25) is 0 Å². The summed E-state index contributed by atoms with van der Waals surface area (Å²) in [5, 5.41) is 0.219. The van der Waals surface area contributed by atoms with Gasteiger partial charge in [-0.05, 0) is 48.9 Å². The average molecular weight is 274 g/mol. The molecule has 3 nitrogen and oxygen atoms in total. The molecule has 2 unspecified atom stereocenters. The topological polar surface area (TPSA) is 48.1 Å². The lowest BCUT2D eigenvalue weighted by atomic mass is 10.1. The number of thioether (sulfide) groups is 1. The zero-order valence-electron chi connectivity index (χ0n) is 11.1. The molecule has 1 aromatic carbocycles. The lowest BCUT2D eigenvalue weighted by molar-refractivity contribution is 0.414. The summed E-state index contributed by atoms with van der Waals surface area (Å²) in [6.07, 6.45) is 3.61. The highest BCUT2D eigenvalue weighted by Crippen LogP contribution is 2.37. The van der Waals surface area contributed by atoms with Crippen molar-refractivity contribution < 1.29 is 4.74 Å². The van der Waals surface area contributed by atoms with E-state index in [1.165, 1.54) is 10.5 Å². The molecule has 0 amide bonds. The summed E-state index contributed by atoms with van der Waals surface area (Å²) in [5.41, 5.74) is 7.31. The van der Waals surface area contributed by atoms with Crippen molar-refractivity contribution in [3.05, 3.63) is 54.4 Å². The van der Waals surface area contributed by atoms with E-state index >= 15 is 0 Å². The summed E-state index contributed by atoms with van der Waals surface area (Å²) >= 11 is 1.76. The molecule has 1 heterocycles. The van der Waals surface area contributed by atoms with Crippen molar-refractivity contribution in [2.24, 2.45) is 5.73 Å². The molecule has 1 aromatic heterocycles. The first kappa shape index (κ1) is 13.9. The number of nitrogens with zero attached hydrogens (tertiary/aromatic N) is 1. The molecular weight excluding hydrogens is 256 g/mol. The number of benzene rings is 1. The van der Waals surface area contributed by atoms with Gasteiger partial charge in [0.05, 0.1) is 7.11 Å². The maximum Gasteiger partial charge on any atom is 0.118 e. The second-order valence-electron chi connectivity index (χ2n) is 4.35. The average Bonchev–Trinajstić information content (AvgIpc) is 2.46. The molecule has 0 radical (unpaired) electrons. The minimum absolute atomic E-state index is 0.0644. The minimum Gasteiger partial charge on any atom is -0.497 e. The number of methoxy groups -OCH3 is 1. The van der Waals surface area contributed by atoms with Crippen LogP contribution >= 0.6 is 11.8 Å². The molecule has 0 fully saturated rings. The van der Waals surface area contributed by atoms with E-state index in [0.29, 0.717) is 0 Å². The molecule has 4 heteroatoms. The molecule has 0 spiro atoms. The maximum absolute atomic E-state index is 6.11. The lowest BCUT2D eigenvalue weighted by Crippen LogP contribution is -2.22. The van der Waals surface area contributed by atoms with E-state index in [1.807, 2.05) is 31.2 Å². The van der Waals surface area contributed by atoms with Crippen molar-refractivity contribution in [2.75, 3.05) is 7.11 Å². The predicted octanol–water partition coefficient (Wildman–Crippen LogP) is 3.27. The van der Waals surface area contributed by atoms with Gasteiger partial charge in [-0.15, -0.1) is 11.8 Å². The number of pyridine rings is 1. The van der Waals surface area contributed by atoms with Crippen molar-refractivity contribution >= 4 is 11.8 Å². The summed E-state index contributed by atoms with van der Waals surface area (Å²) in [5.74, 6) is 0.866. The second-order valence-corrected chi connectivity index (χ2v) is 5.57. The normalized spacial score (nSPS) is 13.8. The number of ether oxygens (including phenoxy) is 1. The van der Waals surface area contributed by atoms with E-state index in [0.717, 1.165) is 5.75 Å². The third-order valence-electron chi connectivity index (χ3n) is 2.83. The third kappa shape index (κ3) is 3.72. The van der Waals surface area contributed by atoms with E-state index in [4.69, 9.17) is 10.5 Å². The van der Waals surface area contributed by atoms with Gasteiger partial charge in [-0.3, -0.25) is 4.98 Å². The molecule has 0 aliphatic heterocycles. The Hall–Kier alpha value is -1.52. The fourth-order valence-electron chi connectivity index (χ4n) is 1.83. The number of hydrogen-bond acceptors (Lipinski definition) is 4. The van der Waals surface area contributed by atoms with Crippen molar-refractivity contribution in [1.29, 1.82) is 0 Å². The molecule has 100 valence electrons. The first-order valence-electron chi connectivity index (χ1n) is 6.17. The molecule has 2 rings (SSSR count). The van der Waals surface area contributed by atoms with Crippen LogP contribution in [-0.4, -0.2) is 18.1 Å². The zero-order chi connectivity index (χ0) is 13.7. The largest absolute Gasteiger partial charge is 0.497 e. The Morgan fingerprint density at radius 2 is 1.74 bits per heavy atom. The maximum atomic E-state index is 6.11. The molecular formula is C15H18N2OS. The van der Waals surface area contributed by atoms with Gasteiger partial charge in [0, 0.05) is 28.6 Å². The summed E-state index contributed by atoms with van der Waals surface area (Å²) in [6, 6.07) is 12.1. The van der Waals surface area contributed by atoms with Gasteiger partial charge in [0.15, 0.2) is 0 Å². The molecule has 0 saturated heterocycles. The SMILES string of the molecule is COc1ccc(SC(c2ccncc2)C(C)N)cc1. The number of hydrogen-bond donors (Lipinski definition) is 1. The van der Waals surface area contributed by atoms with Crippen molar-refractivity contribution in [3.8, 4) is 5.75 Å². The number of aromatic nitrogens is 1. The van der Waals surface area contributed by atoms with Crippen LogP contribution in [0.15, 0.2) is 53.7 Å².